The van der Waals surface area contributed by atoms with E-state index >= 15 is 0 Å². The second-order valence-corrected chi connectivity index (χ2v) is 7.51. The second-order valence-electron chi connectivity index (χ2n) is 7.51. The fourth-order valence-corrected chi connectivity index (χ4v) is 3.26. The van der Waals surface area contributed by atoms with E-state index in [-0.39, 0.29) is 24.2 Å². The van der Waals surface area contributed by atoms with Crippen molar-refractivity contribution in [1.29, 1.82) is 0 Å². The number of likely N-dealkylation sites (tertiary alicyclic amines) is 1. The summed E-state index contributed by atoms with van der Waals surface area (Å²) in [5.41, 5.74) is 0.987. The Bertz CT molecular complexity index is 709. The number of carboxylic acid groups (broad SMARTS) is 1. The van der Waals surface area contributed by atoms with E-state index in [1.807, 2.05) is 24.4 Å². The van der Waals surface area contributed by atoms with Crippen molar-refractivity contribution in [3.63, 3.8) is 0 Å². The van der Waals surface area contributed by atoms with Crippen LogP contribution in [0.1, 0.15) is 18.5 Å². The third-order valence-electron chi connectivity index (χ3n) is 4.77. The van der Waals surface area contributed by atoms with Crippen molar-refractivity contribution >= 4 is 11.9 Å². The Morgan fingerprint density at radius 3 is 2.57 bits per heavy atom. The number of carbonyl (C=O) groups excluding carboxylic acids is 1. The monoisotopic (exact) mass is 433 g/mol. The molecule has 0 aliphatic carbocycles. The van der Waals surface area contributed by atoms with E-state index in [9.17, 15) is 18.0 Å². The number of ether oxygens (including phenoxy) is 2. The Morgan fingerprint density at radius 1 is 1.37 bits per heavy atom. The minimum Gasteiger partial charge on any atom is -0.475 e. The van der Waals surface area contributed by atoms with Crippen LogP contribution in [0, 0.1) is 0 Å². The average molecular weight is 433 g/mol. The Hall–Kier alpha value is -2.24. The fraction of sp³-hybridized carbons (Fsp3) is 0.632. The summed E-state index contributed by atoms with van der Waals surface area (Å²) in [6.45, 7) is 3.54. The zero-order valence-corrected chi connectivity index (χ0v) is 16.9. The maximum atomic E-state index is 11.6. The van der Waals surface area contributed by atoms with Crippen LogP contribution in [0.5, 0.6) is 0 Å². The van der Waals surface area contributed by atoms with Crippen molar-refractivity contribution in [2.45, 2.75) is 37.3 Å². The third-order valence-corrected chi connectivity index (χ3v) is 4.77. The van der Waals surface area contributed by atoms with Gasteiger partial charge in [0.2, 0.25) is 5.91 Å². The van der Waals surface area contributed by atoms with Crippen LogP contribution in [-0.4, -0.2) is 90.0 Å². The van der Waals surface area contributed by atoms with Gasteiger partial charge in [0.05, 0.1) is 17.4 Å². The van der Waals surface area contributed by atoms with Crippen LogP contribution in [-0.2, 0) is 25.6 Å². The Morgan fingerprint density at radius 2 is 2.03 bits per heavy atom. The minimum atomic E-state index is -5.08. The van der Waals surface area contributed by atoms with Crippen LogP contribution >= 0.6 is 0 Å². The molecule has 8 nitrogen and oxygen atoms in total. The second kappa shape index (κ2) is 10.2. The molecular formula is C19H26F3N3O5. The number of carboxylic acids is 1. The molecule has 0 saturated carbocycles. The number of nitrogens with zero attached hydrogens (tertiary/aromatic N) is 3. The van der Waals surface area contributed by atoms with Gasteiger partial charge >= 0.3 is 12.1 Å². The number of hydrogen-bond donors (Lipinski definition) is 1. The lowest BCUT2D eigenvalue weighted by Gasteiger charge is -2.53. The zero-order chi connectivity index (χ0) is 22.4. The van der Waals surface area contributed by atoms with Crippen LogP contribution in [0.25, 0.3) is 0 Å². The van der Waals surface area contributed by atoms with Crippen LogP contribution < -0.4 is 0 Å². The van der Waals surface area contributed by atoms with Gasteiger partial charge in [-0.15, -0.1) is 0 Å². The van der Waals surface area contributed by atoms with Crippen molar-refractivity contribution in [3.05, 3.63) is 30.1 Å². The Balaban J connectivity index is 0.000000396. The first-order valence-corrected chi connectivity index (χ1v) is 9.39. The molecule has 11 heteroatoms. The maximum absolute atomic E-state index is 11.6. The lowest BCUT2D eigenvalue weighted by atomic mass is 9.84. The molecule has 3 heterocycles. The van der Waals surface area contributed by atoms with Gasteiger partial charge in [-0.05, 0) is 18.6 Å². The highest BCUT2D eigenvalue weighted by molar-refractivity contribution is 5.76. The molecule has 1 unspecified atom stereocenters. The number of aromatic nitrogens is 1. The highest BCUT2D eigenvalue weighted by Crippen LogP contribution is 2.35. The highest BCUT2D eigenvalue weighted by atomic mass is 19.4. The highest BCUT2D eigenvalue weighted by Gasteiger charge is 2.47. The Labute approximate surface area is 172 Å². The summed E-state index contributed by atoms with van der Waals surface area (Å²) in [7, 11) is 3.50. The van der Waals surface area contributed by atoms with E-state index in [2.05, 4.69) is 9.88 Å². The van der Waals surface area contributed by atoms with Crippen LogP contribution in [0.4, 0.5) is 13.2 Å². The molecule has 1 atom stereocenters. The summed E-state index contributed by atoms with van der Waals surface area (Å²) in [6, 6.07) is 5.99. The van der Waals surface area contributed by atoms with E-state index < -0.39 is 12.1 Å². The lowest BCUT2D eigenvalue weighted by Crippen LogP contribution is -2.65. The van der Waals surface area contributed by atoms with Gasteiger partial charge in [0.15, 0.2) is 0 Å². The number of likely N-dealkylation sites (N-methyl/N-ethyl adjacent to an activating group) is 1. The molecule has 2 aliphatic heterocycles. The van der Waals surface area contributed by atoms with E-state index in [1.54, 1.807) is 19.0 Å². The molecule has 0 bridgehead atoms. The normalized spacial score (nSPS) is 20.6. The van der Waals surface area contributed by atoms with E-state index in [0.717, 1.165) is 38.2 Å². The van der Waals surface area contributed by atoms with Crippen molar-refractivity contribution in [2.75, 3.05) is 40.4 Å². The van der Waals surface area contributed by atoms with Crippen LogP contribution in [0.15, 0.2) is 24.4 Å². The van der Waals surface area contributed by atoms with Gasteiger partial charge in [0.1, 0.15) is 6.61 Å². The smallest absolute Gasteiger partial charge is 0.475 e. The predicted molar refractivity (Wildman–Crippen MR) is 99.6 cm³/mol. The summed E-state index contributed by atoms with van der Waals surface area (Å²) >= 11 is 0. The van der Waals surface area contributed by atoms with E-state index in [4.69, 9.17) is 19.4 Å². The van der Waals surface area contributed by atoms with Crippen LogP contribution in [0.2, 0.25) is 0 Å². The number of hydrogen-bond acceptors (Lipinski definition) is 6. The van der Waals surface area contributed by atoms with Gasteiger partial charge in [-0.3, -0.25) is 14.7 Å². The van der Waals surface area contributed by atoms with Gasteiger partial charge in [0.25, 0.3) is 0 Å². The standard InChI is InChI=1S/C17H25N3O3.C2HF3O2/c1-19(2)16(21)11-22-15-6-8-23-17(9-15)12-20(13-17)10-14-5-3-4-7-18-14;3-2(4,5)1(6)7/h3-5,7,15H,6,8-13H2,1-2H3;(H,6,7). The third kappa shape index (κ3) is 7.22. The predicted octanol–water partition coefficient (Wildman–Crippen LogP) is 1.55. The summed E-state index contributed by atoms with van der Waals surface area (Å²) in [5.74, 6) is -2.75. The summed E-state index contributed by atoms with van der Waals surface area (Å²) in [5, 5.41) is 7.12. The molecule has 168 valence electrons. The maximum Gasteiger partial charge on any atom is 0.490 e. The molecule has 1 aromatic rings. The van der Waals surface area contributed by atoms with Gasteiger partial charge in [-0.1, -0.05) is 6.07 Å². The molecule has 1 spiro atoms. The number of carbonyl (C=O) groups is 2. The molecule has 0 radical (unpaired) electrons. The van der Waals surface area contributed by atoms with Gasteiger partial charge in [-0.25, -0.2) is 4.79 Å². The molecule has 3 rings (SSSR count). The summed E-state index contributed by atoms with van der Waals surface area (Å²) in [6.07, 6.45) is -1.41. The fourth-order valence-electron chi connectivity index (χ4n) is 3.26. The molecule has 30 heavy (non-hydrogen) atoms. The zero-order valence-electron chi connectivity index (χ0n) is 16.9. The SMILES string of the molecule is CN(C)C(=O)COC1CCOC2(C1)CN(Cc1ccccn1)C2.O=C(O)C(F)(F)F. The molecule has 1 N–H and O–H groups in total. The number of amides is 1. The number of aliphatic carboxylic acids is 1. The van der Waals surface area contributed by atoms with Gasteiger partial charge in [0, 0.05) is 53.0 Å². The number of rotatable bonds is 5. The van der Waals surface area contributed by atoms with Crippen molar-refractivity contribution in [2.24, 2.45) is 0 Å². The summed E-state index contributed by atoms with van der Waals surface area (Å²) in [4.78, 5) is 28.8. The molecule has 0 aromatic carbocycles. The molecule has 1 aromatic heterocycles. The van der Waals surface area contributed by atoms with E-state index in [1.165, 1.54) is 0 Å². The Kier molecular flexibility index (Phi) is 8.16. The first-order chi connectivity index (χ1) is 14.0. The minimum absolute atomic E-state index is 0.0101. The van der Waals surface area contributed by atoms with Crippen molar-refractivity contribution < 1.29 is 37.3 Å². The van der Waals surface area contributed by atoms with Crippen LogP contribution in [0.3, 0.4) is 0 Å². The molecule has 2 fully saturated rings. The molecule has 1 amide bonds. The van der Waals surface area contributed by atoms with Crippen molar-refractivity contribution in [1.82, 2.24) is 14.8 Å². The van der Waals surface area contributed by atoms with E-state index in [0.29, 0.717) is 6.61 Å². The van der Waals surface area contributed by atoms with Crippen molar-refractivity contribution in [3.8, 4) is 0 Å². The number of pyridine rings is 1. The number of halogens is 3. The largest absolute Gasteiger partial charge is 0.490 e. The van der Waals surface area contributed by atoms with Gasteiger partial charge < -0.3 is 19.5 Å². The molecular weight excluding hydrogens is 407 g/mol. The average Bonchev–Trinajstić information content (AvgIpc) is 2.65. The number of alkyl halides is 3. The topological polar surface area (TPSA) is 92.2 Å². The molecule has 2 aliphatic rings. The lowest BCUT2D eigenvalue weighted by molar-refractivity contribution is -0.200. The summed E-state index contributed by atoms with van der Waals surface area (Å²) < 4.78 is 43.5. The first-order valence-electron chi connectivity index (χ1n) is 9.39. The molecule has 2 saturated heterocycles. The quantitative estimate of drug-likeness (QED) is 0.753. The first kappa shape index (κ1) is 24.0. The van der Waals surface area contributed by atoms with Gasteiger partial charge in [-0.2, -0.15) is 13.2 Å².